The number of hydrogen-bond acceptors (Lipinski definition) is 3. The molecule has 0 atom stereocenters. The SMILES string of the molecule is COc1ccccc1NC(=S)Nc1ccccc1OC(F)F. The van der Waals surface area contributed by atoms with Crippen molar-refractivity contribution >= 4 is 28.7 Å². The summed E-state index contributed by atoms with van der Waals surface area (Å²) in [6.07, 6.45) is 0. The van der Waals surface area contributed by atoms with Crippen LogP contribution in [-0.4, -0.2) is 18.8 Å². The van der Waals surface area contributed by atoms with Gasteiger partial charge in [-0.2, -0.15) is 8.78 Å². The van der Waals surface area contributed by atoms with Crippen LogP contribution in [0.3, 0.4) is 0 Å². The van der Waals surface area contributed by atoms with Gasteiger partial charge in [0.15, 0.2) is 5.11 Å². The van der Waals surface area contributed by atoms with Crippen LogP contribution < -0.4 is 20.1 Å². The van der Waals surface area contributed by atoms with Crippen LogP contribution in [0, 0.1) is 0 Å². The molecule has 0 amide bonds. The fourth-order valence-electron chi connectivity index (χ4n) is 1.79. The van der Waals surface area contributed by atoms with E-state index in [1.807, 2.05) is 12.1 Å². The molecule has 0 spiro atoms. The monoisotopic (exact) mass is 324 g/mol. The van der Waals surface area contributed by atoms with Crippen molar-refractivity contribution in [3.63, 3.8) is 0 Å². The Labute approximate surface area is 132 Å². The smallest absolute Gasteiger partial charge is 0.387 e. The Balaban J connectivity index is 2.09. The second-order valence-electron chi connectivity index (χ2n) is 4.15. The van der Waals surface area contributed by atoms with E-state index in [1.54, 1.807) is 37.4 Å². The standard InChI is InChI=1S/C15H14F2N2O2S/c1-20-12-8-4-2-6-10(12)18-15(22)19-11-7-3-5-9-13(11)21-14(16)17/h2-9,14H,1H3,(H2,18,19,22). The lowest BCUT2D eigenvalue weighted by atomic mass is 10.3. The first-order valence-corrected chi connectivity index (χ1v) is 6.76. The third-order valence-electron chi connectivity index (χ3n) is 2.71. The predicted octanol–water partition coefficient (Wildman–Crippen LogP) is 4.11. The van der Waals surface area contributed by atoms with Gasteiger partial charge in [0.25, 0.3) is 0 Å². The van der Waals surface area contributed by atoms with Crippen LogP contribution in [0.5, 0.6) is 11.5 Å². The number of methoxy groups -OCH3 is 1. The van der Waals surface area contributed by atoms with Crippen molar-refractivity contribution in [3.05, 3.63) is 48.5 Å². The summed E-state index contributed by atoms with van der Waals surface area (Å²) in [4.78, 5) is 0. The average molecular weight is 324 g/mol. The Kier molecular flexibility index (Phi) is 5.48. The summed E-state index contributed by atoms with van der Waals surface area (Å²) in [5.74, 6) is 0.630. The largest absolute Gasteiger partial charge is 0.495 e. The molecule has 0 bridgehead atoms. The Bertz CT molecular complexity index is 653. The lowest BCUT2D eigenvalue weighted by molar-refractivity contribution is -0.0493. The van der Waals surface area contributed by atoms with E-state index in [0.717, 1.165) is 0 Å². The van der Waals surface area contributed by atoms with Crippen LogP contribution in [-0.2, 0) is 0 Å². The van der Waals surface area contributed by atoms with E-state index in [4.69, 9.17) is 17.0 Å². The van der Waals surface area contributed by atoms with E-state index in [1.165, 1.54) is 6.07 Å². The fourth-order valence-corrected chi connectivity index (χ4v) is 2.01. The van der Waals surface area contributed by atoms with Gasteiger partial charge in [-0.25, -0.2) is 0 Å². The zero-order valence-corrected chi connectivity index (χ0v) is 12.5. The molecule has 0 aromatic heterocycles. The number of nitrogens with one attached hydrogen (secondary N) is 2. The number of halogens is 2. The molecule has 2 aromatic carbocycles. The van der Waals surface area contributed by atoms with Crippen molar-refractivity contribution < 1.29 is 18.3 Å². The summed E-state index contributed by atoms with van der Waals surface area (Å²) in [6.45, 7) is -2.90. The quantitative estimate of drug-likeness (QED) is 0.810. The average Bonchev–Trinajstić information content (AvgIpc) is 2.49. The summed E-state index contributed by atoms with van der Waals surface area (Å²) >= 11 is 5.18. The van der Waals surface area contributed by atoms with Gasteiger partial charge in [0.2, 0.25) is 0 Å². The van der Waals surface area contributed by atoms with Crippen LogP contribution in [0.15, 0.2) is 48.5 Å². The minimum Gasteiger partial charge on any atom is -0.495 e. The summed E-state index contributed by atoms with van der Waals surface area (Å²) in [7, 11) is 1.54. The normalized spacial score (nSPS) is 10.2. The molecule has 22 heavy (non-hydrogen) atoms. The molecule has 0 saturated heterocycles. The number of hydrogen-bond donors (Lipinski definition) is 2. The highest BCUT2D eigenvalue weighted by molar-refractivity contribution is 7.80. The van der Waals surface area contributed by atoms with E-state index in [-0.39, 0.29) is 10.9 Å². The minimum absolute atomic E-state index is 0.0154. The summed E-state index contributed by atoms with van der Waals surface area (Å²) in [5, 5.41) is 6.00. The highest BCUT2D eigenvalue weighted by atomic mass is 32.1. The summed E-state index contributed by atoms with van der Waals surface area (Å²) < 4.78 is 34.4. The Morgan fingerprint density at radius 2 is 1.45 bits per heavy atom. The summed E-state index contributed by atoms with van der Waals surface area (Å²) in [5.41, 5.74) is 1.00. The lowest BCUT2D eigenvalue weighted by Crippen LogP contribution is -2.20. The maximum absolute atomic E-state index is 12.4. The van der Waals surface area contributed by atoms with Gasteiger partial charge < -0.3 is 20.1 Å². The highest BCUT2D eigenvalue weighted by Gasteiger charge is 2.11. The van der Waals surface area contributed by atoms with Gasteiger partial charge in [-0.05, 0) is 36.5 Å². The Morgan fingerprint density at radius 1 is 0.955 bits per heavy atom. The van der Waals surface area contributed by atoms with Crippen molar-refractivity contribution in [2.45, 2.75) is 6.61 Å². The molecular formula is C15H14F2N2O2S. The number of para-hydroxylation sites is 4. The fraction of sp³-hybridized carbons (Fsp3) is 0.133. The first-order chi connectivity index (χ1) is 10.6. The summed E-state index contributed by atoms with van der Waals surface area (Å²) in [6, 6.07) is 13.5. The molecule has 0 unspecified atom stereocenters. The number of rotatable bonds is 5. The van der Waals surface area contributed by atoms with Gasteiger partial charge in [-0.3, -0.25) is 0 Å². The van der Waals surface area contributed by atoms with Gasteiger partial charge in [-0.15, -0.1) is 0 Å². The van der Waals surface area contributed by atoms with Gasteiger partial charge in [0.05, 0.1) is 18.5 Å². The molecule has 2 N–H and O–H groups in total. The molecule has 0 fully saturated rings. The third-order valence-corrected chi connectivity index (χ3v) is 2.91. The molecule has 0 radical (unpaired) electrons. The van der Waals surface area contributed by atoms with Gasteiger partial charge in [0, 0.05) is 0 Å². The predicted molar refractivity (Wildman–Crippen MR) is 85.9 cm³/mol. The number of alkyl halides is 2. The Hall–Kier alpha value is -2.41. The molecule has 0 aliphatic rings. The van der Waals surface area contributed by atoms with Crippen LogP contribution in [0.1, 0.15) is 0 Å². The first-order valence-electron chi connectivity index (χ1n) is 6.35. The molecular weight excluding hydrogens is 310 g/mol. The second-order valence-corrected chi connectivity index (χ2v) is 4.56. The van der Waals surface area contributed by atoms with E-state index in [9.17, 15) is 8.78 Å². The van der Waals surface area contributed by atoms with Crippen molar-refractivity contribution in [2.24, 2.45) is 0 Å². The molecule has 0 aliphatic heterocycles. The lowest BCUT2D eigenvalue weighted by Gasteiger charge is -2.15. The molecule has 0 aliphatic carbocycles. The van der Waals surface area contributed by atoms with Crippen LogP contribution in [0.25, 0.3) is 0 Å². The topological polar surface area (TPSA) is 42.5 Å². The molecule has 2 aromatic rings. The first kappa shape index (κ1) is 16.0. The van der Waals surface area contributed by atoms with E-state index in [2.05, 4.69) is 15.4 Å². The van der Waals surface area contributed by atoms with Crippen molar-refractivity contribution in [1.29, 1.82) is 0 Å². The van der Waals surface area contributed by atoms with Gasteiger partial charge >= 0.3 is 6.61 Å². The molecule has 2 rings (SSSR count). The third kappa shape index (κ3) is 4.29. The Morgan fingerprint density at radius 3 is 2.00 bits per heavy atom. The minimum atomic E-state index is -2.90. The zero-order chi connectivity index (χ0) is 15.9. The van der Waals surface area contributed by atoms with Crippen LogP contribution in [0.2, 0.25) is 0 Å². The van der Waals surface area contributed by atoms with Crippen LogP contribution in [0.4, 0.5) is 20.2 Å². The number of benzene rings is 2. The van der Waals surface area contributed by atoms with Crippen molar-refractivity contribution in [3.8, 4) is 11.5 Å². The van der Waals surface area contributed by atoms with Crippen LogP contribution >= 0.6 is 12.2 Å². The molecule has 0 heterocycles. The molecule has 116 valence electrons. The van der Waals surface area contributed by atoms with E-state index >= 15 is 0 Å². The number of anilines is 2. The molecule has 7 heteroatoms. The molecule has 4 nitrogen and oxygen atoms in total. The zero-order valence-electron chi connectivity index (χ0n) is 11.7. The second kappa shape index (κ2) is 7.56. The van der Waals surface area contributed by atoms with Gasteiger partial charge in [0.1, 0.15) is 11.5 Å². The van der Waals surface area contributed by atoms with Gasteiger partial charge in [-0.1, -0.05) is 24.3 Å². The van der Waals surface area contributed by atoms with E-state index < -0.39 is 6.61 Å². The maximum Gasteiger partial charge on any atom is 0.387 e. The number of ether oxygens (including phenoxy) is 2. The number of thiocarbonyl (C=S) groups is 1. The van der Waals surface area contributed by atoms with Crippen molar-refractivity contribution in [1.82, 2.24) is 0 Å². The highest BCUT2D eigenvalue weighted by Crippen LogP contribution is 2.27. The maximum atomic E-state index is 12.4. The van der Waals surface area contributed by atoms with E-state index in [0.29, 0.717) is 17.1 Å². The molecule has 0 saturated carbocycles. The van der Waals surface area contributed by atoms with Crippen molar-refractivity contribution in [2.75, 3.05) is 17.7 Å².